The van der Waals surface area contributed by atoms with Crippen LogP contribution < -0.4 is 0 Å². The number of benzene rings is 1. The van der Waals surface area contributed by atoms with E-state index in [0.717, 1.165) is 5.56 Å². The number of nitrogens with zero attached hydrogens (tertiary/aromatic N) is 3. The Labute approximate surface area is 100 Å². The van der Waals surface area contributed by atoms with Crippen molar-refractivity contribution in [3.8, 4) is 0 Å². The van der Waals surface area contributed by atoms with E-state index >= 15 is 0 Å². The first-order valence-electron chi connectivity index (χ1n) is 5.18. The molecular formula is C12H15N3O2. The third kappa shape index (κ3) is 2.98. The second kappa shape index (κ2) is 4.89. The average molecular weight is 233 g/mol. The quantitative estimate of drug-likeness (QED) is 0.338. The maximum atomic E-state index is 11.4. The van der Waals surface area contributed by atoms with Gasteiger partial charge in [-0.2, -0.15) is 0 Å². The second-order valence-electron chi connectivity index (χ2n) is 4.66. The number of carbonyl (C=O) groups excluding carboxylic acids is 1. The van der Waals surface area contributed by atoms with Crippen molar-refractivity contribution in [1.82, 2.24) is 0 Å². The molecular weight excluding hydrogens is 218 g/mol. The van der Waals surface area contributed by atoms with Crippen molar-refractivity contribution in [2.24, 2.45) is 5.11 Å². The summed E-state index contributed by atoms with van der Waals surface area (Å²) in [6, 6.07) is 4.92. The van der Waals surface area contributed by atoms with E-state index < -0.39 is 5.97 Å². The largest absolute Gasteiger partial charge is 0.465 e. The van der Waals surface area contributed by atoms with Crippen LogP contribution in [0.1, 0.15) is 36.7 Å². The third-order valence-electron chi connectivity index (χ3n) is 2.38. The lowest BCUT2D eigenvalue weighted by molar-refractivity contribution is 0.0600. The van der Waals surface area contributed by atoms with Gasteiger partial charge in [0.05, 0.1) is 12.7 Å². The minimum absolute atomic E-state index is 0.215. The average Bonchev–Trinajstić information content (AvgIpc) is 2.27. The smallest absolute Gasteiger partial charge is 0.337 e. The molecule has 0 radical (unpaired) electrons. The fourth-order valence-electron chi connectivity index (χ4n) is 1.52. The number of hydrogen-bond donors (Lipinski definition) is 0. The SMILES string of the molecule is COC(=O)c1ccc(N=[N+]=[N-])c(C(C)(C)C)c1. The summed E-state index contributed by atoms with van der Waals surface area (Å²) >= 11 is 0. The highest BCUT2D eigenvalue weighted by Gasteiger charge is 2.19. The Hall–Kier alpha value is -2.00. The maximum absolute atomic E-state index is 11.4. The summed E-state index contributed by atoms with van der Waals surface area (Å²) in [6.07, 6.45) is 0. The Morgan fingerprint density at radius 3 is 2.53 bits per heavy atom. The van der Waals surface area contributed by atoms with Gasteiger partial charge in [0.25, 0.3) is 0 Å². The molecule has 1 aromatic carbocycles. The highest BCUT2D eigenvalue weighted by atomic mass is 16.5. The maximum Gasteiger partial charge on any atom is 0.337 e. The molecule has 0 atom stereocenters. The van der Waals surface area contributed by atoms with Crippen LogP contribution in [0.25, 0.3) is 10.4 Å². The van der Waals surface area contributed by atoms with E-state index in [4.69, 9.17) is 5.53 Å². The number of azide groups is 1. The summed E-state index contributed by atoms with van der Waals surface area (Å²) in [5, 5.41) is 3.63. The molecule has 0 saturated carbocycles. The molecule has 0 heterocycles. The predicted octanol–water partition coefficient (Wildman–Crippen LogP) is 3.71. The number of hydrogen-bond acceptors (Lipinski definition) is 3. The monoisotopic (exact) mass is 233 g/mol. The van der Waals surface area contributed by atoms with Crippen molar-refractivity contribution >= 4 is 11.7 Å². The Bertz CT molecular complexity index is 483. The van der Waals surface area contributed by atoms with Crippen molar-refractivity contribution in [3.63, 3.8) is 0 Å². The summed E-state index contributed by atoms with van der Waals surface area (Å²) in [6.45, 7) is 5.96. The molecule has 0 spiro atoms. The lowest BCUT2D eigenvalue weighted by atomic mass is 9.85. The van der Waals surface area contributed by atoms with Gasteiger partial charge >= 0.3 is 5.97 Å². The van der Waals surface area contributed by atoms with Gasteiger partial charge < -0.3 is 4.74 Å². The van der Waals surface area contributed by atoms with Crippen LogP contribution in [0.5, 0.6) is 0 Å². The van der Waals surface area contributed by atoms with Crippen molar-refractivity contribution in [2.75, 3.05) is 7.11 Å². The molecule has 0 fully saturated rings. The van der Waals surface area contributed by atoms with Crippen LogP contribution in [0, 0.1) is 0 Å². The molecule has 5 heteroatoms. The van der Waals surface area contributed by atoms with E-state index in [-0.39, 0.29) is 5.41 Å². The molecule has 0 aliphatic rings. The van der Waals surface area contributed by atoms with E-state index in [1.54, 1.807) is 18.2 Å². The molecule has 17 heavy (non-hydrogen) atoms. The van der Waals surface area contributed by atoms with Gasteiger partial charge in [-0.3, -0.25) is 0 Å². The van der Waals surface area contributed by atoms with E-state index in [1.165, 1.54) is 7.11 Å². The zero-order chi connectivity index (χ0) is 13.1. The highest BCUT2D eigenvalue weighted by molar-refractivity contribution is 5.90. The predicted molar refractivity (Wildman–Crippen MR) is 65.3 cm³/mol. The molecule has 1 aromatic rings. The number of carbonyl (C=O) groups is 1. The number of rotatable bonds is 2. The van der Waals surface area contributed by atoms with E-state index in [0.29, 0.717) is 11.3 Å². The molecule has 0 saturated heterocycles. The molecule has 0 bridgehead atoms. The zero-order valence-corrected chi connectivity index (χ0v) is 10.4. The van der Waals surface area contributed by atoms with Crippen molar-refractivity contribution < 1.29 is 9.53 Å². The third-order valence-corrected chi connectivity index (χ3v) is 2.38. The molecule has 90 valence electrons. The lowest BCUT2D eigenvalue weighted by Gasteiger charge is -2.21. The first kappa shape index (κ1) is 13.1. The van der Waals surface area contributed by atoms with Gasteiger partial charge in [0.1, 0.15) is 0 Å². The van der Waals surface area contributed by atoms with Crippen LogP contribution in [0.4, 0.5) is 5.69 Å². The molecule has 0 aliphatic heterocycles. The van der Waals surface area contributed by atoms with Gasteiger partial charge in [-0.05, 0) is 28.6 Å². The Morgan fingerprint density at radius 2 is 2.06 bits per heavy atom. The minimum Gasteiger partial charge on any atom is -0.465 e. The number of esters is 1. The zero-order valence-electron chi connectivity index (χ0n) is 10.4. The summed E-state index contributed by atoms with van der Waals surface area (Å²) in [7, 11) is 1.33. The Kier molecular flexibility index (Phi) is 3.76. The summed E-state index contributed by atoms with van der Waals surface area (Å²) in [5.41, 5.74) is 10.1. The molecule has 5 nitrogen and oxygen atoms in total. The molecule has 0 aromatic heterocycles. The van der Waals surface area contributed by atoms with Crippen LogP contribution >= 0.6 is 0 Å². The van der Waals surface area contributed by atoms with Crippen molar-refractivity contribution in [1.29, 1.82) is 0 Å². The van der Waals surface area contributed by atoms with Crippen LogP contribution in [0.3, 0.4) is 0 Å². The molecule has 0 aliphatic carbocycles. The van der Waals surface area contributed by atoms with Crippen molar-refractivity contribution in [2.45, 2.75) is 26.2 Å². The van der Waals surface area contributed by atoms with Gasteiger partial charge in [-0.15, -0.1) is 0 Å². The number of methoxy groups -OCH3 is 1. The van der Waals surface area contributed by atoms with Crippen LogP contribution in [-0.2, 0) is 10.2 Å². The van der Waals surface area contributed by atoms with E-state index in [9.17, 15) is 4.79 Å². The molecule has 0 N–H and O–H groups in total. The van der Waals surface area contributed by atoms with Gasteiger partial charge in [-0.25, -0.2) is 4.79 Å². The summed E-state index contributed by atoms with van der Waals surface area (Å²) in [5.74, 6) is -0.400. The molecule has 0 unspecified atom stereocenters. The van der Waals surface area contributed by atoms with Crippen LogP contribution in [-0.4, -0.2) is 13.1 Å². The Morgan fingerprint density at radius 1 is 1.41 bits per heavy atom. The van der Waals surface area contributed by atoms with Crippen molar-refractivity contribution in [3.05, 3.63) is 39.8 Å². The topological polar surface area (TPSA) is 75.1 Å². The van der Waals surface area contributed by atoms with Gasteiger partial charge in [-0.1, -0.05) is 32.0 Å². The van der Waals surface area contributed by atoms with Gasteiger partial charge in [0.2, 0.25) is 0 Å². The minimum atomic E-state index is -0.400. The molecule has 1 rings (SSSR count). The Balaban J connectivity index is 3.39. The van der Waals surface area contributed by atoms with Crippen LogP contribution in [0.15, 0.2) is 23.3 Å². The fraction of sp³-hybridized carbons (Fsp3) is 0.417. The second-order valence-corrected chi connectivity index (χ2v) is 4.66. The first-order chi connectivity index (χ1) is 7.90. The summed E-state index contributed by atoms with van der Waals surface area (Å²) in [4.78, 5) is 14.2. The van der Waals surface area contributed by atoms with Crippen LogP contribution in [0.2, 0.25) is 0 Å². The lowest BCUT2D eigenvalue weighted by Crippen LogP contribution is -2.13. The number of ether oxygens (including phenoxy) is 1. The van der Waals surface area contributed by atoms with E-state index in [2.05, 4.69) is 14.8 Å². The van der Waals surface area contributed by atoms with E-state index in [1.807, 2.05) is 20.8 Å². The fourth-order valence-corrected chi connectivity index (χ4v) is 1.52. The first-order valence-corrected chi connectivity index (χ1v) is 5.18. The standard InChI is InChI=1S/C12H15N3O2/c1-12(2,3)9-7-8(11(16)17-4)5-6-10(9)14-15-13/h5-7H,1-4H3. The summed E-state index contributed by atoms with van der Waals surface area (Å²) < 4.78 is 4.66. The highest BCUT2D eigenvalue weighted by Crippen LogP contribution is 2.32. The normalized spacial score (nSPS) is 10.6. The van der Waals surface area contributed by atoms with Gasteiger partial charge in [0.15, 0.2) is 0 Å². The van der Waals surface area contributed by atoms with Gasteiger partial charge in [0, 0.05) is 10.6 Å². The molecule has 0 amide bonds.